The molecule has 132 valence electrons. The maximum absolute atomic E-state index is 12.4. The summed E-state index contributed by atoms with van der Waals surface area (Å²) in [6.45, 7) is 4.34. The van der Waals surface area contributed by atoms with E-state index < -0.39 is 5.54 Å². The topological polar surface area (TPSA) is 77.2 Å². The molecule has 0 unspecified atom stereocenters. The summed E-state index contributed by atoms with van der Waals surface area (Å²) in [6.07, 6.45) is 7.06. The fourth-order valence-corrected chi connectivity index (χ4v) is 3.17. The average molecular weight is 341 g/mol. The summed E-state index contributed by atoms with van der Waals surface area (Å²) >= 11 is 0. The van der Waals surface area contributed by atoms with E-state index in [1.54, 1.807) is 19.1 Å². The lowest BCUT2D eigenvalue weighted by atomic mass is 9.96. The SMILES string of the molecule is CCOc1ccc(C=CC(=O)NC2(c3noc(C)n3)CCCC2)cc1. The summed E-state index contributed by atoms with van der Waals surface area (Å²) in [4.78, 5) is 16.8. The van der Waals surface area contributed by atoms with Crippen LogP contribution in [0.1, 0.15) is 49.9 Å². The second kappa shape index (κ2) is 7.51. The Kier molecular flexibility index (Phi) is 5.16. The second-order valence-electron chi connectivity index (χ2n) is 6.25. The van der Waals surface area contributed by atoms with Crippen molar-refractivity contribution >= 4 is 12.0 Å². The van der Waals surface area contributed by atoms with Gasteiger partial charge in [-0.05, 0) is 43.5 Å². The number of benzene rings is 1. The molecule has 1 fully saturated rings. The van der Waals surface area contributed by atoms with Crippen LogP contribution in [0.3, 0.4) is 0 Å². The molecule has 1 aromatic heterocycles. The van der Waals surface area contributed by atoms with Crippen LogP contribution in [-0.2, 0) is 10.3 Å². The average Bonchev–Trinajstić information content (AvgIpc) is 3.24. The molecule has 0 atom stereocenters. The molecule has 0 radical (unpaired) electrons. The van der Waals surface area contributed by atoms with E-state index in [4.69, 9.17) is 9.26 Å². The molecular formula is C19H23N3O3. The molecule has 1 heterocycles. The van der Waals surface area contributed by atoms with Gasteiger partial charge in [0.2, 0.25) is 11.8 Å². The van der Waals surface area contributed by atoms with Crippen LogP contribution in [0.4, 0.5) is 0 Å². The monoisotopic (exact) mass is 341 g/mol. The zero-order valence-corrected chi connectivity index (χ0v) is 14.6. The number of hydrogen-bond acceptors (Lipinski definition) is 5. The Morgan fingerprint density at radius 1 is 1.32 bits per heavy atom. The predicted molar refractivity (Wildman–Crippen MR) is 94.0 cm³/mol. The Hall–Kier alpha value is -2.63. The highest BCUT2D eigenvalue weighted by atomic mass is 16.5. The van der Waals surface area contributed by atoms with Gasteiger partial charge in [0.05, 0.1) is 6.61 Å². The van der Waals surface area contributed by atoms with E-state index in [9.17, 15) is 4.79 Å². The van der Waals surface area contributed by atoms with Crippen molar-refractivity contribution in [1.29, 1.82) is 0 Å². The minimum atomic E-state index is -0.516. The Morgan fingerprint density at radius 2 is 2.04 bits per heavy atom. The van der Waals surface area contributed by atoms with Gasteiger partial charge in [0.1, 0.15) is 11.3 Å². The van der Waals surface area contributed by atoms with Gasteiger partial charge in [0.15, 0.2) is 5.82 Å². The van der Waals surface area contributed by atoms with Gasteiger partial charge in [-0.15, -0.1) is 0 Å². The minimum Gasteiger partial charge on any atom is -0.494 e. The predicted octanol–water partition coefficient (Wildman–Crippen LogP) is 3.38. The Balaban J connectivity index is 1.68. The number of aryl methyl sites for hydroxylation is 1. The maximum atomic E-state index is 12.4. The highest BCUT2D eigenvalue weighted by molar-refractivity contribution is 5.92. The van der Waals surface area contributed by atoms with Gasteiger partial charge < -0.3 is 14.6 Å². The third kappa shape index (κ3) is 4.07. The molecular weight excluding hydrogens is 318 g/mol. The Bertz CT molecular complexity index is 744. The van der Waals surface area contributed by atoms with Gasteiger partial charge in [-0.2, -0.15) is 4.98 Å². The van der Waals surface area contributed by atoms with Crippen LogP contribution in [-0.4, -0.2) is 22.7 Å². The van der Waals surface area contributed by atoms with E-state index in [-0.39, 0.29) is 5.91 Å². The molecule has 1 aliphatic rings. The summed E-state index contributed by atoms with van der Waals surface area (Å²) in [5.74, 6) is 1.76. The molecule has 1 N–H and O–H groups in total. The number of nitrogens with one attached hydrogen (secondary N) is 1. The first-order chi connectivity index (χ1) is 12.1. The number of carbonyl (C=O) groups excluding carboxylic acids is 1. The lowest BCUT2D eigenvalue weighted by molar-refractivity contribution is -0.118. The number of aromatic nitrogens is 2. The summed E-state index contributed by atoms with van der Waals surface area (Å²) in [5, 5.41) is 7.12. The molecule has 0 saturated heterocycles. The number of rotatable bonds is 6. The van der Waals surface area contributed by atoms with Crippen molar-refractivity contribution in [3.8, 4) is 5.75 Å². The van der Waals surface area contributed by atoms with Gasteiger partial charge in [0.25, 0.3) is 0 Å². The summed E-state index contributed by atoms with van der Waals surface area (Å²) in [6, 6.07) is 7.62. The fraction of sp³-hybridized carbons (Fsp3) is 0.421. The molecule has 0 aliphatic heterocycles. The molecule has 0 spiro atoms. The Morgan fingerprint density at radius 3 is 2.64 bits per heavy atom. The van der Waals surface area contributed by atoms with Crippen molar-refractivity contribution in [2.24, 2.45) is 0 Å². The number of carbonyl (C=O) groups is 1. The molecule has 1 amide bonds. The van der Waals surface area contributed by atoms with Crippen molar-refractivity contribution in [1.82, 2.24) is 15.5 Å². The first-order valence-corrected chi connectivity index (χ1v) is 8.65. The molecule has 0 bridgehead atoms. The van der Waals surface area contributed by atoms with Crippen LogP contribution in [0.15, 0.2) is 34.9 Å². The van der Waals surface area contributed by atoms with E-state index in [2.05, 4.69) is 15.5 Å². The lowest BCUT2D eigenvalue weighted by Gasteiger charge is -2.25. The first kappa shape index (κ1) is 17.2. The normalized spacial score (nSPS) is 16.2. The molecule has 2 aromatic rings. The van der Waals surface area contributed by atoms with Gasteiger partial charge in [-0.1, -0.05) is 30.1 Å². The van der Waals surface area contributed by atoms with E-state index in [1.165, 1.54) is 0 Å². The minimum absolute atomic E-state index is 0.154. The highest BCUT2D eigenvalue weighted by Gasteiger charge is 2.40. The van der Waals surface area contributed by atoms with Crippen molar-refractivity contribution in [2.45, 2.75) is 45.1 Å². The first-order valence-electron chi connectivity index (χ1n) is 8.65. The van der Waals surface area contributed by atoms with E-state index in [0.717, 1.165) is 37.0 Å². The van der Waals surface area contributed by atoms with Crippen LogP contribution in [0.5, 0.6) is 5.75 Å². The summed E-state index contributed by atoms with van der Waals surface area (Å²) < 4.78 is 10.5. The number of nitrogens with zero attached hydrogens (tertiary/aromatic N) is 2. The van der Waals surface area contributed by atoms with Crippen LogP contribution in [0.25, 0.3) is 6.08 Å². The van der Waals surface area contributed by atoms with Gasteiger partial charge in [0, 0.05) is 13.0 Å². The molecule has 6 nitrogen and oxygen atoms in total. The van der Waals surface area contributed by atoms with Crippen LogP contribution < -0.4 is 10.1 Å². The number of ether oxygens (including phenoxy) is 1. The second-order valence-corrected chi connectivity index (χ2v) is 6.25. The number of amides is 1. The smallest absolute Gasteiger partial charge is 0.244 e. The standard InChI is InChI=1S/C19H23N3O3/c1-3-24-16-9-6-15(7-10-16)8-11-17(23)21-19(12-4-5-13-19)18-20-14(2)25-22-18/h6-11H,3-5,12-13H2,1-2H3,(H,21,23). The molecule has 1 aliphatic carbocycles. The Labute approximate surface area is 147 Å². The zero-order valence-electron chi connectivity index (χ0n) is 14.6. The molecule has 1 aromatic carbocycles. The van der Waals surface area contributed by atoms with E-state index >= 15 is 0 Å². The van der Waals surface area contributed by atoms with Gasteiger partial charge >= 0.3 is 0 Å². The van der Waals surface area contributed by atoms with Crippen molar-refractivity contribution in [3.63, 3.8) is 0 Å². The third-order valence-corrected chi connectivity index (χ3v) is 4.39. The van der Waals surface area contributed by atoms with Crippen LogP contribution in [0.2, 0.25) is 0 Å². The highest BCUT2D eigenvalue weighted by Crippen LogP contribution is 2.37. The largest absolute Gasteiger partial charge is 0.494 e. The van der Waals surface area contributed by atoms with Crippen LogP contribution in [0, 0.1) is 6.92 Å². The molecule has 25 heavy (non-hydrogen) atoms. The zero-order chi connectivity index (χ0) is 17.7. The van der Waals surface area contributed by atoms with Gasteiger partial charge in [-0.3, -0.25) is 4.79 Å². The quantitative estimate of drug-likeness (QED) is 0.815. The molecule has 1 saturated carbocycles. The maximum Gasteiger partial charge on any atom is 0.244 e. The third-order valence-electron chi connectivity index (χ3n) is 4.39. The summed E-state index contributed by atoms with van der Waals surface area (Å²) in [7, 11) is 0. The van der Waals surface area contributed by atoms with Crippen molar-refractivity contribution < 1.29 is 14.1 Å². The van der Waals surface area contributed by atoms with Crippen molar-refractivity contribution in [3.05, 3.63) is 47.6 Å². The molecule has 3 rings (SSSR count). The number of hydrogen-bond donors (Lipinski definition) is 1. The fourth-order valence-electron chi connectivity index (χ4n) is 3.17. The summed E-state index contributed by atoms with van der Waals surface area (Å²) in [5.41, 5.74) is 0.423. The van der Waals surface area contributed by atoms with E-state index in [1.807, 2.05) is 31.2 Å². The van der Waals surface area contributed by atoms with Gasteiger partial charge in [-0.25, -0.2) is 0 Å². The van der Waals surface area contributed by atoms with Crippen molar-refractivity contribution in [2.75, 3.05) is 6.61 Å². The molecule has 6 heteroatoms. The van der Waals surface area contributed by atoms with Crippen LogP contribution >= 0.6 is 0 Å². The van der Waals surface area contributed by atoms with E-state index in [0.29, 0.717) is 18.3 Å². The lowest BCUT2D eigenvalue weighted by Crippen LogP contribution is -2.44.